The molecule has 1 unspecified atom stereocenters. The van der Waals surface area contributed by atoms with Gasteiger partial charge in [-0.05, 0) is 63.2 Å². The molecule has 26 heavy (non-hydrogen) atoms. The third-order valence-electron chi connectivity index (χ3n) is 5.78. The van der Waals surface area contributed by atoms with E-state index in [0.29, 0.717) is 0 Å². The molecule has 0 spiro atoms. The maximum Gasteiger partial charge on any atom is 0.308 e. The third kappa shape index (κ3) is 9.59. The van der Waals surface area contributed by atoms with Crippen molar-refractivity contribution in [3.63, 3.8) is 0 Å². The second-order valence-corrected chi connectivity index (χ2v) is 7.93. The number of hydrogen-bond donors (Lipinski definition) is 0. The SMILES string of the molecule is CCCCCC/C=C/[C@H]1CCC[C@@H]1C/C=C\CCC(CCC)C(=O)OC. The van der Waals surface area contributed by atoms with Crippen molar-refractivity contribution in [2.24, 2.45) is 17.8 Å². The van der Waals surface area contributed by atoms with Crippen molar-refractivity contribution in [3.05, 3.63) is 24.3 Å². The van der Waals surface area contributed by atoms with Crippen molar-refractivity contribution < 1.29 is 9.53 Å². The second kappa shape index (κ2) is 15.1. The average Bonchev–Trinajstić information content (AvgIpc) is 3.10. The van der Waals surface area contributed by atoms with Crippen LogP contribution < -0.4 is 0 Å². The molecule has 0 N–H and O–H groups in total. The van der Waals surface area contributed by atoms with E-state index in [9.17, 15) is 4.79 Å². The monoisotopic (exact) mass is 362 g/mol. The maximum absolute atomic E-state index is 11.7. The van der Waals surface area contributed by atoms with Crippen molar-refractivity contribution in [1.82, 2.24) is 0 Å². The molecule has 0 heterocycles. The molecule has 1 aliphatic carbocycles. The van der Waals surface area contributed by atoms with E-state index in [-0.39, 0.29) is 11.9 Å². The average molecular weight is 363 g/mol. The minimum Gasteiger partial charge on any atom is -0.469 e. The van der Waals surface area contributed by atoms with Crippen LogP contribution in [0.1, 0.15) is 97.3 Å². The van der Waals surface area contributed by atoms with Crippen LogP contribution in [0.25, 0.3) is 0 Å². The van der Waals surface area contributed by atoms with E-state index < -0.39 is 0 Å². The molecule has 0 aromatic heterocycles. The first kappa shape index (κ1) is 23.0. The van der Waals surface area contributed by atoms with Crippen LogP contribution >= 0.6 is 0 Å². The zero-order chi connectivity index (χ0) is 19.0. The zero-order valence-corrected chi connectivity index (χ0v) is 17.6. The summed E-state index contributed by atoms with van der Waals surface area (Å²) in [5.74, 6) is 1.64. The Morgan fingerprint density at radius 1 is 1.00 bits per heavy atom. The van der Waals surface area contributed by atoms with Crippen molar-refractivity contribution in [2.45, 2.75) is 97.3 Å². The lowest BCUT2D eigenvalue weighted by Crippen LogP contribution is -2.15. The number of esters is 1. The van der Waals surface area contributed by atoms with Gasteiger partial charge >= 0.3 is 5.97 Å². The predicted molar refractivity (Wildman–Crippen MR) is 112 cm³/mol. The molecular weight excluding hydrogens is 320 g/mol. The van der Waals surface area contributed by atoms with Gasteiger partial charge in [0.1, 0.15) is 0 Å². The van der Waals surface area contributed by atoms with Crippen LogP contribution in [0.2, 0.25) is 0 Å². The molecule has 3 atom stereocenters. The molecule has 1 saturated carbocycles. The Hall–Kier alpha value is -1.05. The quantitative estimate of drug-likeness (QED) is 0.185. The number of unbranched alkanes of at least 4 members (excludes halogenated alkanes) is 4. The Morgan fingerprint density at radius 3 is 2.58 bits per heavy atom. The van der Waals surface area contributed by atoms with Gasteiger partial charge in [0, 0.05) is 0 Å². The molecule has 0 aliphatic heterocycles. The van der Waals surface area contributed by atoms with E-state index in [0.717, 1.165) is 37.5 Å². The zero-order valence-electron chi connectivity index (χ0n) is 17.6. The fraction of sp³-hybridized carbons (Fsp3) is 0.792. The fourth-order valence-corrected chi connectivity index (χ4v) is 4.15. The van der Waals surface area contributed by atoms with Crippen molar-refractivity contribution in [2.75, 3.05) is 7.11 Å². The third-order valence-corrected chi connectivity index (χ3v) is 5.78. The van der Waals surface area contributed by atoms with Crippen LogP contribution in [-0.2, 0) is 9.53 Å². The molecule has 2 heteroatoms. The van der Waals surface area contributed by atoms with E-state index >= 15 is 0 Å². The first-order valence-electron chi connectivity index (χ1n) is 11.1. The molecule has 2 nitrogen and oxygen atoms in total. The number of hydrogen-bond acceptors (Lipinski definition) is 2. The molecule has 0 radical (unpaired) electrons. The topological polar surface area (TPSA) is 26.3 Å². The highest BCUT2D eigenvalue weighted by molar-refractivity contribution is 5.72. The minimum absolute atomic E-state index is 0.0415. The molecular formula is C24H42O2. The van der Waals surface area contributed by atoms with Gasteiger partial charge in [-0.1, -0.05) is 70.3 Å². The first-order valence-corrected chi connectivity index (χ1v) is 11.1. The Labute approximate surface area is 162 Å². The Kier molecular flexibility index (Phi) is 13.3. The lowest BCUT2D eigenvalue weighted by molar-refractivity contribution is -0.145. The highest BCUT2D eigenvalue weighted by Gasteiger charge is 2.23. The number of allylic oxidation sites excluding steroid dienone is 4. The number of carbonyl (C=O) groups excluding carboxylic acids is 1. The predicted octanol–water partition coefficient (Wildman–Crippen LogP) is 7.25. The van der Waals surface area contributed by atoms with Gasteiger partial charge in [0.2, 0.25) is 0 Å². The van der Waals surface area contributed by atoms with E-state index in [1.165, 1.54) is 64.9 Å². The summed E-state index contributed by atoms with van der Waals surface area (Å²) < 4.78 is 4.91. The van der Waals surface area contributed by atoms with E-state index in [4.69, 9.17) is 4.74 Å². The van der Waals surface area contributed by atoms with Gasteiger partial charge in [0.25, 0.3) is 0 Å². The molecule has 0 saturated heterocycles. The van der Waals surface area contributed by atoms with Gasteiger partial charge < -0.3 is 4.74 Å². The van der Waals surface area contributed by atoms with Gasteiger partial charge in [-0.2, -0.15) is 0 Å². The van der Waals surface area contributed by atoms with Crippen LogP contribution in [0, 0.1) is 17.8 Å². The van der Waals surface area contributed by atoms with Crippen LogP contribution in [-0.4, -0.2) is 13.1 Å². The normalized spacial score (nSPS) is 21.7. The van der Waals surface area contributed by atoms with Crippen LogP contribution in [0.4, 0.5) is 0 Å². The molecule has 0 aromatic rings. The maximum atomic E-state index is 11.7. The molecule has 0 bridgehead atoms. The van der Waals surface area contributed by atoms with E-state index in [2.05, 4.69) is 38.2 Å². The number of rotatable bonds is 14. The first-order chi connectivity index (χ1) is 12.7. The Morgan fingerprint density at radius 2 is 1.85 bits per heavy atom. The Balaban J connectivity index is 2.26. The molecule has 150 valence electrons. The van der Waals surface area contributed by atoms with Gasteiger partial charge in [-0.25, -0.2) is 0 Å². The van der Waals surface area contributed by atoms with Crippen LogP contribution in [0.3, 0.4) is 0 Å². The van der Waals surface area contributed by atoms with Crippen molar-refractivity contribution in [1.29, 1.82) is 0 Å². The summed E-state index contributed by atoms with van der Waals surface area (Å²) in [7, 11) is 1.50. The molecule has 1 fully saturated rings. The second-order valence-electron chi connectivity index (χ2n) is 7.93. The highest BCUT2D eigenvalue weighted by Crippen LogP contribution is 2.35. The number of methoxy groups -OCH3 is 1. The summed E-state index contributed by atoms with van der Waals surface area (Å²) in [6, 6.07) is 0. The minimum atomic E-state index is -0.0415. The summed E-state index contributed by atoms with van der Waals surface area (Å²) in [6.07, 6.45) is 25.5. The van der Waals surface area contributed by atoms with Gasteiger partial charge in [0.15, 0.2) is 0 Å². The van der Waals surface area contributed by atoms with Crippen molar-refractivity contribution in [3.8, 4) is 0 Å². The molecule has 1 rings (SSSR count). The summed E-state index contributed by atoms with van der Waals surface area (Å²) in [5, 5.41) is 0. The summed E-state index contributed by atoms with van der Waals surface area (Å²) in [5.41, 5.74) is 0. The lowest BCUT2D eigenvalue weighted by atomic mass is 9.91. The molecule has 1 aliphatic rings. The summed E-state index contributed by atoms with van der Waals surface area (Å²) in [6.45, 7) is 4.40. The van der Waals surface area contributed by atoms with Gasteiger partial charge in [-0.15, -0.1) is 0 Å². The van der Waals surface area contributed by atoms with E-state index in [1.54, 1.807) is 0 Å². The number of carbonyl (C=O) groups is 1. The Bertz CT molecular complexity index is 410. The van der Waals surface area contributed by atoms with Gasteiger partial charge in [0.05, 0.1) is 13.0 Å². The lowest BCUT2D eigenvalue weighted by Gasteiger charge is -2.14. The van der Waals surface area contributed by atoms with Crippen LogP contribution in [0.5, 0.6) is 0 Å². The van der Waals surface area contributed by atoms with Gasteiger partial charge in [-0.3, -0.25) is 4.79 Å². The van der Waals surface area contributed by atoms with Crippen LogP contribution in [0.15, 0.2) is 24.3 Å². The standard InChI is InChI=1S/C24H42O2/c1-4-6-7-8-9-11-16-21-19-14-20-22(21)17-12-10-13-18-23(15-5-2)24(25)26-3/h10-12,16,21-23H,4-9,13-15,17-20H2,1-3H3/b12-10-,16-11+/t21-,22-,23?/m0/s1. The fourth-order valence-electron chi connectivity index (χ4n) is 4.15. The van der Waals surface area contributed by atoms with Crippen molar-refractivity contribution >= 4 is 5.97 Å². The smallest absolute Gasteiger partial charge is 0.308 e. The number of ether oxygens (including phenoxy) is 1. The molecule has 0 amide bonds. The molecule has 0 aromatic carbocycles. The summed E-state index contributed by atoms with van der Waals surface area (Å²) in [4.78, 5) is 11.7. The van der Waals surface area contributed by atoms with E-state index in [1.807, 2.05) is 0 Å². The largest absolute Gasteiger partial charge is 0.469 e. The summed E-state index contributed by atoms with van der Waals surface area (Å²) >= 11 is 0. The highest BCUT2D eigenvalue weighted by atomic mass is 16.5.